The van der Waals surface area contributed by atoms with Crippen LogP contribution < -0.4 is 5.32 Å². The Morgan fingerprint density at radius 3 is 2.94 bits per heavy atom. The Morgan fingerprint density at radius 1 is 1.31 bits per heavy atom. The molecule has 0 aliphatic carbocycles. The van der Waals surface area contributed by atoms with Crippen LogP contribution in [0.25, 0.3) is 0 Å². The number of fused-ring (bicyclic) bond motifs is 1. The van der Waals surface area contributed by atoms with Gasteiger partial charge in [0.05, 0.1) is 5.56 Å². The topological polar surface area (TPSA) is 55.4 Å². The molecule has 1 fully saturated rings. The Hall–Kier alpha value is -1.84. The van der Waals surface area contributed by atoms with E-state index < -0.39 is 0 Å². The number of ether oxygens (including phenoxy) is 1. The van der Waals surface area contributed by atoms with Gasteiger partial charge in [-0.15, -0.1) is 0 Å². The minimum absolute atomic E-state index is 0.0952. The van der Waals surface area contributed by atoms with Crippen LogP contribution in [0.15, 0.2) is 18.2 Å². The predicted molar refractivity (Wildman–Crippen MR) is 55.9 cm³/mol. The zero-order valence-corrected chi connectivity index (χ0v) is 8.66. The van der Waals surface area contributed by atoms with Gasteiger partial charge in [-0.2, -0.15) is 0 Å². The molecule has 2 aliphatic rings. The van der Waals surface area contributed by atoms with E-state index in [1.54, 1.807) is 6.07 Å². The van der Waals surface area contributed by atoms with Crippen molar-refractivity contribution < 1.29 is 14.3 Å². The highest BCUT2D eigenvalue weighted by atomic mass is 16.5. The first-order valence-corrected chi connectivity index (χ1v) is 5.30. The highest BCUT2D eigenvalue weighted by molar-refractivity contribution is 5.93. The van der Waals surface area contributed by atoms with Crippen LogP contribution in [0.2, 0.25) is 0 Å². The standard InChI is InChI=1S/C12H11NO3/c14-11-4-8(5-13-11)7-1-2-10-9(3-7)6-16-12(10)15/h1-3,8H,4-6H2,(H,13,14)/t8-/m0/s1. The fraction of sp³-hybridized carbons (Fsp3) is 0.333. The van der Waals surface area contributed by atoms with Crippen molar-refractivity contribution in [3.05, 3.63) is 34.9 Å². The summed E-state index contributed by atoms with van der Waals surface area (Å²) in [4.78, 5) is 22.4. The molecule has 16 heavy (non-hydrogen) atoms. The minimum atomic E-state index is -0.248. The number of carbonyl (C=O) groups excluding carboxylic acids is 2. The van der Waals surface area contributed by atoms with Crippen LogP contribution in [0.3, 0.4) is 0 Å². The largest absolute Gasteiger partial charge is 0.457 e. The summed E-state index contributed by atoms with van der Waals surface area (Å²) in [7, 11) is 0. The van der Waals surface area contributed by atoms with Gasteiger partial charge in [0.2, 0.25) is 5.91 Å². The van der Waals surface area contributed by atoms with Gasteiger partial charge in [0.25, 0.3) is 0 Å². The molecule has 2 heterocycles. The molecule has 0 unspecified atom stereocenters. The van der Waals surface area contributed by atoms with Gasteiger partial charge in [-0.25, -0.2) is 4.79 Å². The Balaban J connectivity index is 1.93. The van der Waals surface area contributed by atoms with Crippen molar-refractivity contribution in [3.8, 4) is 0 Å². The van der Waals surface area contributed by atoms with Crippen molar-refractivity contribution in [1.29, 1.82) is 0 Å². The molecule has 1 aromatic carbocycles. The molecule has 4 heteroatoms. The summed E-state index contributed by atoms with van der Waals surface area (Å²) in [5, 5.41) is 2.81. The zero-order chi connectivity index (χ0) is 11.1. The molecule has 1 aromatic rings. The maximum Gasteiger partial charge on any atom is 0.338 e. The van der Waals surface area contributed by atoms with E-state index in [0.717, 1.165) is 11.1 Å². The van der Waals surface area contributed by atoms with Crippen LogP contribution in [-0.4, -0.2) is 18.4 Å². The first-order valence-electron chi connectivity index (χ1n) is 5.30. The smallest absolute Gasteiger partial charge is 0.338 e. The molecular formula is C12H11NO3. The van der Waals surface area contributed by atoms with E-state index in [-0.39, 0.29) is 17.8 Å². The predicted octanol–water partition coefficient (Wildman–Crippen LogP) is 0.960. The fourth-order valence-corrected chi connectivity index (χ4v) is 2.25. The third-order valence-electron chi connectivity index (χ3n) is 3.16. The average Bonchev–Trinajstić information content (AvgIpc) is 2.86. The van der Waals surface area contributed by atoms with E-state index in [0.29, 0.717) is 25.1 Å². The first-order chi connectivity index (χ1) is 7.74. The van der Waals surface area contributed by atoms with E-state index >= 15 is 0 Å². The molecule has 3 rings (SSSR count). The number of hydrogen-bond acceptors (Lipinski definition) is 3. The Morgan fingerprint density at radius 2 is 2.19 bits per heavy atom. The summed E-state index contributed by atoms with van der Waals surface area (Å²) in [6, 6.07) is 5.68. The van der Waals surface area contributed by atoms with Gasteiger partial charge in [-0.3, -0.25) is 4.79 Å². The average molecular weight is 217 g/mol. The summed E-state index contributed by atoms with van der Waals surface area (Å²) in [5.41, 5.74) is 2.69. The van der Waals surface area contributed by atoms with Gasteiger partial charge in [-0.1, -0.05) is 12.1 Å². The van der Waals surface area contributed by atoms with E-state index in [1.165, 1.54) is 0 Å². The molecule has 1 N–H and O–H groups in total. The number of carbonyl (C=O) groups is 2. The molecule has 0 radical (unpaired) electrons. The summed E-state index contributed by atoms with van der Waals surface area (Å²) in [6.07, 6.45) is 0.535. The highest BCUT2D eigenvalue weighted by Crippen LogP contribution is 2.28. The van der Waals surface area contributed by atoms with Crippen molar-refractivity contribution in [2.45, 2.75) is 18.9 Å². The number of rotatable bonds is 1. The second-order valence-electron chi connectivity index (χ2n) is 4.20. The summed E-state index contributed by atoms with van der Waals surface area (Å²) in [6.45, 7) is 1.04. The number of nitrogens with one attached hydrogen (secondary N) is 1. The van der Waals surface area contributed by atoms with Crippen molar-refractivity contribution >= 4 is 11.9 Å². The Labute approximate surface area is 92.6 Å². The Bertz CT molecular complexity index is 481. The van der Waals surface area contributed by atoms with Crippen LogP contribution >= 0.6 is 0 Å². The van der Waals surface area contributed by atoms with E-state index in [9.17, 15) is 9.59 Å². The number of amides is 1. The molecule has 82 valence electrons. The molecule has 4 nitrogen and oxygen atoms in total. The SMILES string of the molecule is O=C1C[C@H](c2ccc3c(c2)COC3=O)CN1. The van der Waals surface area contributed by atoms with Crippen molar-refractivity contribution in [2.24, 2.45) is 0 Å². The quantitative estimate of drug-likeness (QED) is 0.713. The van der Waals surface area contributed by atoms with Crippen molar-refractivity contribution in [2.75, 3.05) is 6.54 Å². The summed E-state index contributed by atoms with van der Waals surface area (Å²) < 4.78 is 4.94. The molecular weight excluding hydrogens is 206 g/mol. The monoisotopic (exact) mass is 217 g/mol. The molecule has 1 amide bonds. The van der Waals surface area contributed by atoms with E-state index in [1.807, 2.05) is 12.1 Å². The van der Waals surface area contributed by atoms with Gasteiger partial charge < -0.3 is 10.1 Å². The molecule has 0 spiro atoms. The summed E-state index contributed by atoms with van der Waals surface area (Å²) >= 11 is 0. The molecule has 1 saturated heterocycles. The Kier molecular flexibility index (Phi) is 1.96. The van der Waals surface area contributed by atoms with Crippen LogP contribution in [0, 0.1) is 0 Å². The highest BCUT2D eigenvalue weighted by Gasteiger charge is 2.26. The zero-order valence-electron chi connectivity index (χ0n) is 8.66. The number of hydrogen-bond donors (Lipinski definition) is 1. The molecule has 0 bridgehead atoms. The lowest BCUT2D eigenvalue weighted by molar-refractivity contribution is -0.119. The third kappa shape index (κ3) is 1.38. The maximum absolute atomic E-state index is 11.3. The minimum Gasteiger partial charge on any atom is -0.457 e. The lowest BCUT2D eigenvalue weighted by Crippen LogP contribution is -2.13. The third-order valence-corrected chi connectivity index (χ3v) is 3.16. The lowest BCUT2D eigenvalue weighted by Gasteiger charge is -2.08. The summed E-state index contributed by atoms with van der Waals surface area (Å²) in [5.74, 6) is 0.0773. The number of esters is 1. The molecule has 0 saturated carbocycles. The molecule has 0 aromatic heterocycles. The maximum atomic E-state index is 11.3. The van der Waals surface area contributed by atoms with Crippen LogP contribution in [0.1, 0.15) is 33.8 Å². The molecule has 2 aliphatic heterocycles. The van der Waals surface area contributed by atoms with Crippen LogP contribution in [-0.2, 0) is 16.1 Å². The van der Waals surface area contributed by atoms with Crippen molar-refractivity contribution in [3.63, 3.8) is 0 Å². The van der Waals surface area contributed by atoms with Gasteiger partial charge in [0.1, 0.15) is 6.61 Å². The van der Waals surface area contributed by atoms with Gasteiger partial charge >= 0.3 is 5.97 Å². The lowest BCUT2D eigenvalue weighted by atomic mass is 9.95. The van der Waals surface area contributed by atoms with E-state index in [2.05, 4.69) is 5.32 Å². The number of cyclic esters (lactones) is 1. The first kappa shape index (κ1) is 9.39. The normalized spacial score (nSPS) is 22.9. The molecule has 1 atom stereocenters. The van der Waals surface area contributed by atoms with Gasteiger partial charge in [0.15, 0.2) is 0 Å². The van der Waals surface area contributed by atoms with Crippen LogP contribution in [0.5, 0.6) is 0 Å². The van der Waals surface area contributed by atoms with E-state index in [4.69, 9.17) is 4.74 Å². The number of benzene rings is 1. The van der Waals surface area contributed by atoms with Gasteiger partial charge in [-0.05, 0) is 11.6 Å². The second-order valence-corrected chi connectivity index (χ2v) is 4.20. The van der Waals surface area contributed by atoms with Crippen LogP contribution in [0.4, 0.5) is 0 Å². The second kappa shape index (κ2) is 3.33. The van der Waals surface area contributed by atoms with Gasteiger partial charge in [0, 0.05) is 24.4 Å². The fourth-order valence-electron chi connectivity index (χ4n) is 2.25. The van der Waals surface area contributed by atoms with Crippen molar-refractivity contribution in [1.82, 2.24) is 5.32 Å².